The van der Waals surface area contributed by atoms with E-state index in [0.29, 0.717) is 29.5 Å². The molecule has 0 fully saturated rings. The number of nitrogens with zero attached hydrogens (tertiary/aromatic N) is 3. The molecule has 2 aromatic carbocycles. The molecule has 29 heavy (non-hydrogen) atoms. The number of rotatable bonds is 9. The van der Waals surface area contributed by atoms with Crippen LogP contribution in [0, 0.1) is 11.7 Å². The number of H-pyrrole nitrogens is 1. The molecule has 0 aliphatic carbocycles. The minimum atomic E-state index is 0.479. The Morgan fingerprint density at radius 1 is 1.14 bits per heavy atom. The molecule has 0 spiro atoms. The Morgan fingerprint density at radius 3 is 2.76 bits per heavy atom. The number of benzene rings is 2. The number of aromatic nitrogens is 3. The molecular formula is C22H26N4O2S. The normalized spacial score (nSPS) is 11.1. The molecule has 3 rings (SSSR count). The lowest BCUT2D eigenvalue weighted by atomic mass is 10.1. The van der Waals surface area contributed by atoms with Gasteiger partial charge in [-0.25, -0.2) is 0 Å². The van der Waals surface area contributed by atoms with Crippen LogP contribution in [0.15, 0.2) is 47.6 Å². The first-order valence-electron chi connectivity index (χ1n) is 9.76. The molecule has 1 heterocycles. The highest BCUT2D eigenvalue weighted by Crippen LogP contribution is 2.29. The third-order valence-electron chi connectivity index (χ3n) is 4.26. The topological polar surface area (TPSA) is 64.4 Å². The molecule has 0 aliphatic rings. The summed E-state index contributed by atoms with van der Waals surface area (Å²) >= 11 is 5.27. The number of aryl methyl sites for hydroxylation is 2. The molecule has 0 unspecified atom stereocenters. The van der Waals surface area contributed by atoms with Crippen molar-refractivity contribution in [1.29, 1.82) is 0 Å². The Kier molecular flexibility index (Phi) is 7.19. The highest BCUT2D eigenvalue weighted by atomic mass is 32.1. The van der Waals surface area contributed by atoms with Crippen molar-refractivity contribution in [3.05, 3.63) is 69.8 Å². The van der Waals surface area contributed by atoms with Crippen LogP contribution in [-0.2, 0) is 13.0 Å². The fraction of sp³-hybridized carbons (Fsp3) is 0.318. The van der Waals surface area contributed by atoms with E-state index in [0.717, 1.165) is 29.8 Å². The second-order valence-corrected chi connectivity index (χ2v) is 7.05. The van der Waals surface area contributed by atoms with E-state index >= 15 is 0 Å². The van der Waals surface area contributed by atoms with Gasteiger partial charge in [0.2, 0.25) is 4.77 Å². The number of hydrogen-bond donors (Lipinski definition) is 1. The summed E-state index contributed by atoms with van der Waals surface area (Å²) in [6.07, 6.45) is 3.52. The van der Waals surface area contributed by atoms with Crippen molar-refractivity contribution in [3.8, 4) is 11.5 Å². The molecular weight excluding hydrogens is 384 g/mol. The van der Waals surface area contributed by atoms with Crippen LogP contribution in [0.3, 0.4) is 0 Å². The SMILES string of the molecule is CCCc1n[nH]c(=S)n1/N=C/c1ccc(OCc2cccc(C)c2)c(OCC)c1. The third kappa shape index (κ3) is 5.54. The Balaban J connectivity index is 1.78. The predicted molar refractivity (Wildman–Crippen MR) is 118 cm³/mol. The number of nitrogens with one attached hydrogen (secondary N) is 1. The van der Waals surface area contributed by atoms with E-state index in [2.05, 4.69) is 47.3 Å². The molecule has 0 radical (unpaired) electrons. The molecule has 7 heteroatoms. The van der Waals surface area contributed by atoms with Crippen molar-refractivity contribution in [2.75, 3.05) is 6.61 Å². The van der Waals surface area contributed by atoms with Gasteiger partial charge in [-0.2, -0.15) is 14.9 Å². The van der Waals surface area contributed by atoms with Gasteiger partial charge in [-0.1, -0.05) is 36.8 Å². The van der Waals surface area contributed by atoms with Crippen LogP contribution in [-0.4, -0.2) is 27.7 Å². The third-order valence-corrected chi connectivity index (χ3v) is 4.52. The minimum absolute atomic E-state index is 0.479. The summed E-state index contributed by atoms with van der Waals surface area (Å²) in [6.45, 7) is 7.15. The zero-order chi connectivity index (χ0) is 20.6. The summed E-state index contributed by atoms with van der Waals surface area (Å²) in [7, 11) is 0. The van der Waals surface area contributed by atoms with Gasteiger partial charge < -0.3 is 9.47 Å². The molecule has 0 saturated heterocycles. The molecule has 1 N–H and O–H groups in total. The van der Waals surface area contributed by atoms with Gasteiger partial charge in [0.1, 0.15) is 6.61 Å². The standard InChI is InChI=1S/C22H26N4O2S/c1-4-7-21-24-25-22(29)26(21)23-14-17-10-11-19(20(13-17)27-5-2)28-15-18-9-6-8-16(3)12-18/h6,8-14H,4-5,7,15H2,1-3H3,(H,25,29)/b23-14+. The van der Waals surface area contributed by atoms with Crippen molar-refractivity contribution < 1.29 is 9.47 Å². The van der Waals surface area contributed by atoms with Gasteiger partial charge >= 0.3 is 0 Å². The first-order chi connectivity index (χ1) is 14.1. The van der Waals surface area contributed by atoms with Gasteiger partial charge in [0.15, 0.2) is 17.3 Å². The minimum Gasteiger partial charge on any atom is -0.490 e. The Hall–Kier alpha value is -2.93. The highest BCUT2D eigenvalue weighted by molar-refractivity contribution is 7.71. The van der Waals surface area contributed by atoms with Gasteiger partial charge in [-0.3, -0.25) is 5.10 Å². The van der Waals surface area contributed by atoms with Crippen LogP contribution in [0.25, 0.3) is 0 Å². The molecule has 0 aliphatic heterocycles. The van der Waals surface area contributed by atoms with E-state index in [1.165, 1.54) is 5.56 Å². The van der Waals surface area contributed by atoms with Crippen LogP contribution < -0.4 is 9.47 Å². The summed E-state index contributed by atoms with van der Waals surface area (Å²) in [5.41, 5.74) is 3.22. The van der Waals surface area contributed by atoms with Crippen LogP contribution in [0.5, 0.6) is 11.5 Å². The highest BCUT2D eigenvalue weighted by Gasteiger charge is 2.08. The predicted octanol–water partition coefficient (Wildman–Crippen LogP) is 5.06. The van der Waals surface area contributed by atoms with Gasteiger partial charge in [0, 0.05) is 6.42 Å². The van der Waals surface area contributed by atoms with Crippen LogP contribution >= 0.6 is 12.2 Å². The van der Waals surface area contributed by atoms with Crippen molar-refractivity contribution in [2.24, 2.45) is 5.10 Å². The van der Waals surface area contributed by atoms with E-state index in [4.69, 9.17) is 21.7 Å². The van der Waals surface area contributed by atoms with Crippen molar-refractivity contribution >= 4 is 18.4 Å². The number of hydrogen-bond acceptors (Lipinski definition) is 5. The van der Waals surface area contributed by atoms with Gasteiger partial charge in [-0.05, 0) is 61.8 Å². The quantitative estimate of drug-likeness (QED) is 0.395. The summed E-state index contributed by atoms with van der Waals surface area (Å²) in [5, 5.41) is 11.5. The Labute approximate surface area is 176 Å². The maximum absolute atomic E-state index is 6.00. The van der Waals surface area contributed by atoms with E-state index < -0.39 is 0 Å². The van der Waals surface area contributed by atoms with E-state index in [1.54, 1.807) is 10.9 Å². The van der Waals surface area contributed by atoms with Gasteiger partial charge in [0.05, 0.1) is 12.8 Å². The lowest BCUT2D eigenvalue weighted by Crippen LogP contribution is -2.01. The van der Waals surface area contributed by atoms with Gasteiger partial charge in [-0.15, -0.1) is 0 Å². The summed E-state index contributed by atoms with van der Waals surface area (Å²) in [4.78, 5) is 0. The molecule has 3 aromatic rings. The molecule has 0 saturated carbocycles. The molecule has 0 bridgehead atoms. The summed E-state index contributed by atoms with van der Waals surface area (Å²) in [6, 6.07) is 14.0. The lowest BCUT2D eigenvalue weighted by molar-refractivity contribution is 0.269. The average molecular weight is 411 g/mol. The van der Waals surface area contributed by atoms with Crippen molar-refractivity contribution in [3.63, 3.8) is 0 Å². The molecule has 152 valence electrons. The Bertz CT molecular complexity index is 1040. The second-order valence-electron chi connectivity index (χ2n) is 6.67. The number of aromatic amines is 1. The summed E-state index contributed by atoms with van der Waals surface area (Å²) in [5.74, 6) is 2.21. The smallest absolute Gasteiger partial charge is 0.216 e. The molecule has 6 nitrogen and oxygen atoms in total. The van der Waals surface area contributed by atoms with Crippen molar-refractivity contribution in [1.82, 2.24) is 14.9 Å². The van der Waals surface area contributed by atoms with E-state index in [9.17, 15) is 0 Å². The molecule has 0 atom stereocenters. The largest absolute Gasteiger partial charge is 0.490 e. The lowest BCUT2D eigenvalue weighted by Gasteiger charge is -2.13. The first-order valence-corrected chi connectivity index (χ1v) is 10.2. The zero-order valence-electron chi connectivity index (χ0n) is 17.0. The monoisotopic (exact) mass is 410 g/mol. The van der Waals surface area contributed by atoms with E-state index in [1.807, 2.05) is 31.2 Å². The van der Waals surface area contributed by atoms with Crippen LogP contribution in [0.1, 0.15) is 42.8 Å². The fourth-order valence-electron chi connectivity index (χ4n) is 2.91. The maximum atomic E-state index is 6.00. The maximum Gasteiger partial charge on any atom is 0.216 e. The van der Waals surface area contributed by atoms with Crippen molar-refractivity contribution in [2.45, 2.75) is 40.2 Å². The van der Waals surface area contributed by atoms with E-state index in [-0.39, 0.29) is 0 Å². The molecule has 0 amide bonds. The average Bonchev–Trinajstić information content (AvgIpc) is 3.06. The Morgan fingerprint density at radius 2 is 2.00 bits per heavy atom. The zero-order valence-corrected chi connectivity index (χ0v) is 17.8. The first kappa shape index (κ1) is 20.8. The fourth-order valence-corrected chi connectivity index (χ4v) is 3.11. The molecule has 1 aromatic heterocycles. The van der Waals surface area contributed by atoms with Crippen LogP contribution in [0.2, 0.25) is 0 Å². The summed E-state index contributed by atoms with van der Waals surface area (Å²) < 4.78 is 13.9. The van der Waals surface area contributed by atoms with Gasteiger partial charge in [0.25, 0.3) is 0 Å². The van der Waals surface area contributed by atoms with Crippen LogP contribution in [0.4, 0.5) is 0 Å². The number of ether oxygens (including phenoxy) is 2. The second kappa shape index (κ2) is 10.0.